The summed E-state index contributed by atoms with van der Waals surface area (Å²) < 4.78 is 44.6. The molecule has 0 aliphatic carbocycles. The van der Waals surface area contributed by atoms with E-state index in [9.17, 15) is 14.0 Å². The summed E-state index contributed by atoms with van der Waals surface area (Å²) in [5, 5.41) is 3.46. The van der Waals surface area contributed by atoms with Gasteiger partial charge in [0.2, 0.25) is 5.75 Å². The molecule has 13 heteroatoms. The minimum atomic E-state index is -0.735. The van der Waals surface area contributed by atoms with Gasteiger partial charge >= 0.3 is 0 Å². The van der Waals surface area contributed by atoms with Gasteiger partial charge in [0.1, 0.15) is 41.8 Å². The largest absolute Gasteiger partial charge is 0.493 e. The van der Waals surface area contributed by atoms with Crippen LogP contribution in [0.3, 0.4) is 0 Å². The molecule has 3 heterocycles. The van der Waals surface area contributed by atoms with Crippen molar-refractivity contribution in [2.75, 3.05) is 38.8 Å². The summed E-state index contributed by atoms with van der Waals surface area (Å²) in [7, 11) is 1.74. The molecule has 1 amide bonds. The quantitative estimate of drug-likeness (QED) is 0.108. The van der Waals surface area contributed by atoms with E-state index in [-0.39, 0.29) is 28.6 Å². The fourth-order valence-corrected chi connectivity index (χ4v) is 5.45. The number of benzene rings is 3. The number of rotatable bonds is 12. The van der Waals surface area contributed by atoms with Crippen LogP contribution in [0.1, 0.15) is 30.1 Å². The zero-order valence-electron chi connectivity index (χ0n) is 26.7. The summed E-state index contributed by atoms with van der Waals surface area (Å²) in [5.41, 5.74) is 0.314. The highest BCUT2D eigenvalue weighted by molar-refractivity contribution is 6.34. The van der Waals surface area contributed by atoms with Gasteiger partial charge in [0.25, 0.3) is 11.5 Å². The number of nitrogens with zero attached hydrogens (tertiary/aromatic N) is 3. The Bertz CT molecular complexity index is 2090. The summed E-state index contributed by atoms with van der Waals surface area (Å²) in [5.74, 6) is 1.18. The number of amides is 1. The van der Waals surface area contributed by atoms with Crippen LogP contribution in [0.25, 0.3) is 16.6 Å². The molecule has 252 valence electrons. The van der Waals surface area contributed by atoms with Crippen LogP contribution in [0.5, 0.6) is 34.5 Å². The first-order valence-electron chi connectivity index (χ1n) is 15.6. The van der Waals surface area contributed by atoms with Crippen LogP contribution < -0.4 is 34.6 Å². The van der Waals surface area contributed by atoms with E-state index in [1.54, 1.807) is 44.4 Å². The van der Waals surface area contributed by atoms with Crippen LogP contribution in [0.4, 0.5) is 10.1 Å². The van der Waals surface area contributed by atoms with E-state index >= 15 is 0 Å². The Kier molecular flexibility index (Phi) is 10.2. The zero-order valence-corrected chi connectivity index (χ0v) is 27.5. The predicted octanol–water partition coefficient (Wildman–Crippen LogP) is 7.25. The molecule has 0 bridgehead atoms. The molecule has 0 atom stereocenters. The molecule has 1 aliphatic rings. The molecule has 6 rings (SSSR count). The second-order valence-electron chi connectivity index (χ2n) is 10.7. The van der Waals surface area contributed by atoms with Crippen molar-refractivity contribution in [3.8, 4) is 40.2 Å². The van der Waals surface area contributed by atoms with Gasteiger partial charge in [-0.15, -0.1) is 0 Å². The number of aliphatic imine (C=N–C) groups is 1. The Morgan fingerprint density at radius 2 is 1.84 bits per heavy atom. The number of hydrogen-bond acceptors (Lipinski definition) is 9. The summed E-state index contributed by atoms with van der Waals surface area (Å²) in [6.07, 6.45) is 6.49. The van der Waals surface area contributed by atoms with Crippen LogP contribution in [0.15, 0.2) is 82.8 Å². The lowest BCUT2D eigenvalue weighted by Gasteiger charge is -2.23. The van der Waals surface area contributed by atoms with E-state index in [2.05, 4.69) is 15.3 Å². The highest BCUT2D eigenvalue weighted by Crippen LogP contribution is 2.48. The van der Waals surface area contributed by atoms with Gasteiger partial charge in [0.15, 0.2) is 11.5 Å². The summed E-state index contributed by atoms with van der Waals surface area (Å²) in [6, 6.07) is 15.0. The molecule has 1 N–H and O–H groups in total. The maximum Gasteiger partial charge on any atom is 0.271 e. The third-order valence-electron chi connectivity index (χ3n) is 7.46. The number of aromatic nitrogens is 2. The average Bonchev–Trinajstić information content (AvgIpc) is 3.10. The average molecular weight is 687 g/mol. The Hall–Kier alpha value is -5.62. The van der Waals surface area contributed by atoms with Crippen molar-refractivity contribution in [2.24, 2.45) is 4.99 Å². The minimum Gasteiger partial charge on any atom is -0.493 e. The van der Waals surface area contributed by atoms with Crippen LogP contribution in [-0.4, -0.2) is 55.1 Å². The van der Waals surface area contributed by atoms with Crippen molar-refractivity contribution in [3.63, 3.8) is 0 Å². The predicted molar refractivity (Wildman–Crippen MR) is 185 cm³/mol. The topological polar surface area (TPSA) is 123 Å². The van der Waals surface area contributed by atoms with Gasteiger partial charge in [-0.25, -0.2) is 4.39 Å². The van der Waals surface area contributed by atoms with Gasteiger partial charge in [0, 0.05) is 37.3 Å². The zero-order chi connectivity index (χ0) is 34.3. The van der Waals surface area contributed by atoms with Gasteiger partial charge in [-0.05, 0) is 74.5 Å². The Morgan fingerprint density at radius 3 is 2.59 bits per heavy atom. The SMILES string of the molecule is CCOc1ccn(-c2ccc(F)cc2)c(=O)c1C(=O)Nc1ccc(Oc2ccnc3cc(OCCC/C=N/C)c4c(c23)OCCO4)cc1Cl. The smallest absolute Gasteiger partial charge is 0.271 e. The minimum absolute atomic E-state index is 0.0954. The molecule has 1 aliphatic heterocycles. The number of carbonyl (C=O) groups is 1. The number of halogens is 2. The number of nitrogens with one attached hydrogen (secondary N) is 1. The van der Waals surface area contributed by atoms with Crippen molar-refractivity contribution in [1.82, 2.24) is 9.55 Å². The molecule has 3 aromatic carbocycles. The van der Waals surface area contributed by atoms with Crippen molar-refractivity contribution < 1.29 is 32.9 Å². The second-order valence-corrected chi connectivity index (χ2v) is 11.1. The fourth-order valence-electron chi connectivity index (χ4n) is 5.23. The normalized spacial score (nSPS) is 12.2. The molecular weight excluding hydrogens is 655 g/mol. The van der Waals surface area contributed by atoms with Crippen LogP contribution in [0.2, 0.25) is 5.02 Å². The van der Waals surface area contributed by atoms with E-state index < -0.39 is 17.3 Å². The highest BCUT2D eigenvalue weighted by atomic mass is 35.5. The first-order valence-corrected chi connectivity index (χ1v) is 15.9. The monoisotopic (exact) mass is 686 g/mol. The molecule has 0 unspecified atom stereocenters. The number of unbranched alkanes of at least 4 members (excludes halogenated alkanes) is 1. The maximum atomic E-state index is 13.5. The van der Waals surface area contributed by atoms with E-state index in [4.69, 9.17) is 35.3 Å². The Morgan fingerprint density at radius 1 is 1.04 bits per heavy atom. The van der Waals surface area contributed by atoms with Crippen molar-refractivity contribution in [1.29, 1.82) is 0 Å². The first-order chi connectivity index (χ1) is 23.9. The van der Waals surface area contributed by atoms with Crippen LogP contribution in [0, 0.1) is 5.82 Å². The van der Waals surface area contributed by atoms with Gasteiger partial charge in [-0.3, -0.25) is 19.1 Å². The fraction of sp³-hybridized carbons (Fsp3) is 0.222. The summed E-state index contributed by atoms with van der Waals surface area (Å²) in [4.78, 5) is 35.5. The van der Waals surface area contributed by atoms with Gasteiger partial charge in [-0.2, -0.15) is 0 Å². The lowest BCUT2D eigenvalue weighted by molar-refractivity contribution is 0.102. The van der Waals surface area contributed by atoms with E-state index in [0.29, 0.717) is 65.2 Å². The molecule has 0 radical (unpaired) electrons. The molecule has 0 saturated carbocycles. The van der Waals surface area contributed by atoms with Gasteiger partial charge < -0.3 is 34.0 Å². The first kappa shape index (κ1) is 33.3. The van der Waals surface area contributed by atoms with Crippen molar-refractivity contribution in [2.45, 2.75) is 19.8 Å². The highest BCUT2D eigenvalue weighted by Gasteiger charge is 2.25. The maximum absolute atomic E-state index is 13.5. The van der Waals surface area contributed by atoms with E-state index in [0.717, 1.165) is 12.8 Å². The molecule has 5 aromatic rings. The number of ether oxygens (including phenoxy) is 5. The number of pyridine rings is 2. The molecular formula is C36H32ClFN4O7. The van der Waals surface area contributed by atoms with Gasteiger partial charge in [-0.1, -0.05) is 11.6 Å². The van der Waals surface area contributed by atoms with E-state index in [1.165, 1.54) is 47.2 Å². The number of hydrogen-bond donors (Lipinski definition) is 1. The lowest BCUT2D eigenvalue weighted by Crippen LogP contribution is -2.29. The molecule has 0 saturated heterocycles. The molecule has 11 nitrogen and oxygen atoms in total. The standard InChI is InChI=1S/C36H32ClFN4O7/c1-3-45-28-13-16-42(23-8-6-22(38)7-9-23)36(44)32(28)35(43)41-26-11-10-24(20-25(26)37)49-29-12-15-40-27-21-30(46-17-5-4-14-39-2)33-34(31(27)29)48-19-18-47-33/h6-16,20-21H,3-5,17-19H2,1-2H3,(H,41,43)/b39-14+. The van der Waals surface area contributed by atoms with E-state index in [1.807, 2.05) is 6.21 Å². The van der Waals surface area contributed by atoms with Crippen LogP contribution in [-0.2, 0) is 0 Å². The molecule has 2 aromatic heterocycles. The summed E-state index contributed by atoms with van der Waals surface area (Å²) >= 11 is 6.62. The van der Waals surface area contributed by atoms with Crippen molar-refractivity contribution in [3.05, 3.63) is 99.8 Å². The number of fused-ring (bicyclic) bond motifs is 3. The Balaban J connectivity index is 1.26. The van der Waals surface area contributed by atoms with Gasteiger partial charge in [0.05, 0.1) is 34.8 Å². The molecule has 0 spiro atoms. The third kappa shape index (κ3) is 7.29. The number of carbonyl (C=O) groups excluding carboxylic acids is 1. The molecule has 0 fully saturated rings. The molecule has 49 heavy (non-hydrogen) atoms. The lowest BCUT2D eigenvalue weighted by atomic mass is 10.1. The van der Waals surface area contributed by atoms with Crippen molar-refractivity contribution >= 4 is 40.3 Å². The van der Waals surface area contributed by atoms with Crippen LogP contribution >= 0.6 is 11.6 Å². The second kappa shape index (κ2) is 15.1. The third-order valence-corrected chi connectivity index (χ3v) is 7.78. The summed E-state index contributed by atoms with van der Waals surface area (Å²) in [6.45, 7) is 3.13. The Labute approximate surface area is 285 Å². The number of anilines is 1.